The molecule has 15 heavy (non-hydrogen) atoms. The highest BCUT2D eigenvalue weighted by atomic mass is 32.1. The van der Waals surface area contributed by atoms with Gasteiger partial charge in [0.25, 0.3) is 5.91 Å². The van der Waals surface area contributed by atoms with Crippen LogP contribution in [-0.4, -0.2) is 11.9 Å². The van der Waals surface area contributed by atoms with Gasteiger partial charge in [-0.3, -0.25) is 4.79 Å². The summed E-state index contributed by atoms with van der Waals surface area (Å²) in [5, 5.41) is 3.01. The first kappa shape index (κ1) is 10.6. The SMILES string of the molecule is CC(NC(=O)c1cccc(S)c1)C1CC1. The largest absolute Gasteiger partial charge is 0.349 e. The Morgan fingerprint density at radius 3 is 2.87 bits per heavy atom. The van der Waals surface area contributed by atoms with Crippen LogP contribution in [0.3, 0.4) is 0 Å². The molecule has 1 aromatic carbocycles. The van der Waals surface area contributed by atoms with Crippen LogP contribution in [0.2, 0.25) is 0 Å². The van der Waals surface area contributed by atoms with Crippen molar-refractivity contribution >= 4 is 18.5 Å². The number of benzene rings is 1. The van der Waals surface area contributed by atoms with Crippen molar-refractivity contribution < 1.29 is 4.79 Å². The van der Waals surface area contributed by atoms with Gasteiger partial charge in [0.2, 0.25) is 0 Å². The minimum atomic E-state index is 0.00491. The summed E-state index contributed by atoms with van der Waals surface area (Å²) in [4.78, 5) is 12.6. The van der Waals surface area contributed by atoms with Gasteiger partial charge < -0.3 is 5.32 Å². The molecular weight excluding hydrogens is 206 g/mol. The predicted octanol–water partition coefficient (Wildman–Crippen LogP) is 2.50. The Morgan fingerprint density at radius 1 is 1.53 bits per heavy atom. The number of hydrogen-bond acceptors (Lipinski definition) is 2. The van der Waals surface area contributed by atoms with Crippen LogP contribution in [0, 0.1) is 5.92 Å². The molecule has 0 saturated heterocycles. The molecule has 80 valence electrons. The average Bonchev–Trinajstić information content (AvgIpc) is 3.00. The highest BCUT2D eigenvalue weighted by Crippen LogP contribution is 2.32. The first-order chi connectivity index (χ1) is 7.16. The molecule has 1 aliphatic carbocycles. The third kappa shape index (κ3) is 2.75. The van der Waals surface area contributed by atoms with Gasteiger partial charge in [-0.05, 0) is 43.9 Å². The molecule has 0 bridgehead atoms. The van der Waals surface area contributed by atoms with Gasteiger partial charge in [-0.1, -0.05) is 6.07 Å². The Bertz CT molecular complexity index is 374. The minimum Gasteiger partial charge on any atom is -0.349 e. The van der Waals surface area contributed by atoms with Crippen LogP contribution in [0.4, 0.5) is 0 Å². The maximum Gasteiger partial charge on any atom is 0.251 e. The molecule has 1 N–H and O–H groups in total. The summed E-state index contributed by atoms with van der Waals surface area (Å²) in [7, 11) is 0. The quantitative estimate of drug-likeness (QED) is 0.754. The van der Waals surface area contributed by atoms with E-state index in [2.05, 4.69) is 24.9 Å². The monoisotopic (exact) mass is 221 g/mol. The fourth-order valence-corrected chi connectivity index (χ4v) is 1.88. The molecular formula is C12H15NOS. The van der Waals surface area contributed by atoms with Crippen molar-refractivity contribution in [3.8, 4) is 0 Å². The van der Waals surface area contributed by atoms with E-state index in [4.69, 9.17) is 0 Å². The summed E-state index contributed by atoms with van der Waals surface area (Å²) in [6.45, 7) is 2.07. The molecule has 0 radical (unpaired) electrons. The van der Waals surface area contributed by atoms with Crippen molar-refractivity contribution in [2.45, 2.75) is 30.7 Å². The van der Waals surface area contributed by atoms with Crippen LogP contribution in [0.5, 0.6) is 0 Å². The van der Waals surface area contributed by atoms with Gasteiger partial charge in [-0.25, -0.2) is 0 Å². The van der Waals surface area contributed by atoms with Crippen LogP contribution < -0.4 is 5.32 Å². The van der Waals surface area contributed by atoms with Crippen molar-refractivity contribution in [2.75, 3.05) is 0 Å². The maximum atomic E-state index is 11.8. The van der Waals surface area contributed by atoms with Gasteiger partial charge in [-0.15, -0.1) is 12.6 Å². The third-order valence-corrected chi connectivity index (χ3v) is 3.07. The first-order valence-electron chi connectivity index (χ1n) is 5.26. The summed E-state index contributed by atoms with van der Waals surface area (Å²) >= 11 is 4.21. The average molecular weight is 221 g/mol. The van der Waals surface area contributed by atoms with E-state index >= 15 is 0 Å². The lowest BCUT2D eigenvalue weighted by atomic mass is 10.1. The lowest BCUT2D eigenvalue weighted by molar-refractivity contribution is 0.0935. The summed E-state index contributed by atoms with van der Waals surface area (Å²) in [5.74, 6) is 0.693. The Hall–Kier alpha value is -0.960. The van der Waals surface area contributed by atoms with Gasteiger partial charge in [0.05, 0.1) is 0 Å². The van der Waals surface area contributed by atoms with Gasteiger partial charge >= 0.3 is 0 Å². The molecule has 1 aliphatic rings. The molecule has 0 spiro atoms. The molecule has 2 nitrogen and oxygen atoms in total. The van der Waals surface area contributed by atoms with Gasteiger partial charge in [0.1, 0.15) is 0 Å². The number of nitrogens with one attached hydrogen (secondary N) is 1. The van der Waals surface area contributed by atoms with Crippen molar-refractivity contribution in [1.82, 2.24) is 5.32 Å². The van der Waals surface area contributed by atoms with E-state index in [9.17, 15) is 4.79 Å². The maximum absolute atomic E-state index is 11.8. The highest BCUT2D eigenvalue weighted by Gasteiger charge is 2.28. The van der Waals surface area contributed by atoms with Crippen molar-refractivity contribution in [3.63, 3.8) is 0 Å². The van der Waals surface area contributed by atoms with Gasteiger partial charge in [-0.2, -0.15) is 0 Å². The van der Waals surface area contributed by atoms with E-state index < -0.39 is 0 Å². The molecule has 3 heteroatoms. The topological polar surface area (TPSA) is 29.1 Å². The number of carbonyl (C=O) groups excluding carboxylic acids is 1. The fraction of sp³-hybridized carbons (Fsp3) is 0.417. The van der Waals surface area contributed by atoms with Crippen LogP contribution in [0.15, 0.2) is 29.2 Å². The summed E-state index contributed by atoms with van der Waals surface area (Å²) in [6, 6.07) is 7.61. The molecule has 2 rings (SSSR count). The zero-order valence-electron chi connectivity index (χ0n) is 8.73. The zero-order chi connectivity index (χ0) is 10.8. The van der Waals surface area contributed by atoms with Crippen LogP contribution in [-0.2, 0) is 0 Å². The summed E-state index contributed by atoms with van der Waals surface area (Å²) in [5.41, 5.74) is 0.690. The molecule has 0 aromatic heterocycles. The molecule has 0 heterocycles. The van der Waals surface area contributed by atoms with E-state index in [1.807, 2.05) is 18.2 Å². The minimum absolute atomic E-state index is 0.00491. The number of hydrogen-bond donors (Lipinski definition) is 2. The second-order valence-electron chi connectivity index (χ2n) is 4.15. The lowest BCUT2D eigenvalue weighted by Crippen LogP contribution is -2.33. The van der Waals surface area contributed by atoms with Gasteiger partial charge in [0.15, 0.2) is 0 Å². The molecule has 1 fully saturated rings. The molecule has 1 aromatic rings. The number of carbonyl (C=O) groups is 1. The second kappa shape index (κ2) is 4.27. The Balaban J connectivity index is 2.00. The van der Waals surface area contributed by atoms with E-state index in [1.165, 1.54) is 12.8 Å². The lowest BCUT2D eigenvalue weighted by Gasteiger charge is -2.12. The fourth-order valence-electron chi connectivity index (χ4n) is 1.65. The second-order valence-corrected chi connectivity index (χ2v) is 4.67. The molecule has 1 saturated carbocycles. The molecule has 1 atom stereocenters. The predicted molar refractivity (Wildman–Crippen MR) is 63.3 cm³/mol. The molecule has 0 aliphatic heterocycles. The van der Waals surface area contributed by atoms with Crippen molar-refractivity contribution in [3.05, 3.63) is 29.8 Å². The van der Waals surface area contributed by atoms with E-state index in [0.717, 1.165) is 4.90 Å². The smallest absolute Gasteiger partial charge is 0.251 e. The Kier molecular flexibility index (Phi) is 3.00. The van der Waals surface area contributed by atoms with Crippen LogP contribution >= 0.6 is 12.6 Å². The number of rotatable bonds is 3. The van der Waals surface area contributed by atoms with Gasteiger partial charge in [0, 0.05) is 16.5 Å². The van der Waals surface area contributed by atoms with E-state index in [0.29, 0.717) is 17.5 Å². The van der Waals surface area contributed by atoms with E-state index in [-0.39, 0.29) is 5.91 Å². The summed E-state index contributed by atoms with van der Waals surface area (Å²) in [6.07, 6.45) is 2.49. The highest BCUT2D eigenvalue weighted by molar-refractivity contribution is 7.80. The van der Waals surface area contributed by atoms with Crippen LogP contribution in [0.1, 0.15) is 30.1 Å². The van der Waals surface area contributed by atoms with Crippen LogP contribution in [0.25, 0.3) is 0 Å². The number of amides is 1. The zero-order valence-corrected chi connectivity index (χ0v) is 9.63. The summed E-state index contributed by atoms with van der Waals surface area (Å²) < 4.78 is 0. The van der Waals surface area contributed by atoms with Crippen molar-refractivity contribution in [2.24, 2.45) is 5.92 Å². The third-order valence-electron chi connectivity index (χ3n) is 2.80. The van der Waals surface area contributed by atoms with Crippen molar-refractivity contribution in [1.29, 1.82) is 0 Å². The molecule has 1 unspecified atom stereocenters. The number of thiol groups is 1. The molecule has 1 amide bonds. The normalized spacial score (nSPS) is 17.2. The standard InChI is InChI=1S/C12H15NOS/c1-8(9-5-6-9)13-12(14)10-3-2-4-11(15)7-10/h2-4,7-9,15H,5-6H2,1H3,(H,13,14). The Labute approximate surface area is 95.5 Å². The Morgan fingerprint density at radius 2 is 2.27 bits per heavy atom. The van der Waals surface area contributed by atoms with E-state index in [1.54, 1.807) is 6.07 Å². The first-order valence-corrected chi connectivity index (χ1v) is 5.71.